The fourth-order valence-corrected chi connectivity index (χ4v) is 3.33. The zero-order valence-corrected chi connectivity index (χ0v) is 16.8. The van der Waals surface area contributed by atoms with E-state index in [4.69, 9.17) is 0 Å². The fraction of sp³-hybridized carbons (Fsp3) is 0.391. The number of hydrogen-bond acceptors (Lipinski definition) is 4. The molecule has 0 unspecified atom stereocenters. The number of anilines is 1. The largest absolute Gasteiger partial charge is 0.369 e. The van der Waals surface area contributed by atoms with Gasteiger partial charge in [-0.25, -0.2) is 5.43 Å². The zero-order chi connectivity index (χ0) is 19.8. The molecular formula is C23H30N4O. The highest BCUT2D eigenvalue weighted by molar-refractivity contribution is 5.82. The van der Waals surface area contributed by atoms with Crippen molar-refractivity contribution in [3.8, 4) is 0 Å². The molecule has 1 N–H and O–H groups in total. The quantitative estimate of drug-likeness (QED) is 0.593. The second-order valence-corrected chi connectivity index (χ2v) is 7.53. The summed E-state index contributed by atoms with van der Waals surface area (Å²) in [6.45, 7) is 9.07. The Morgan fingerprint density at radius 3 is 2.36 bits per heavy atom. The Morgan fingerprint density at radius 2 is 1.71 bits per heavy atom. The van der Waals surface area contributed by atoms with E-state index >= 15 is 0 Å². The number of carbonyl (C=O) groups is 1. The molecule has 0 atom stereocenters. The van der Waals surface area contributed by atoms with Gasteiger partial charge in [0.05, 0.1) is 6.21 Å². The van der Waals surface area contributed by atoms with Gasteiger partial charge >= 0.3 is 0 Å². The minimum atomic E-state index is -0.0412. The van der Waals surface area contributed by atoms with Crippen LogP contribution in [0.4, 0.5) is 5.69 Å². The van der Waals surface area contributed by atoms with Crippen LogP contribution in [-0.2, 0) is 4.79 Å². The number of para-hydroxylation sites is 1. The van der Waals surface area contributed by atoms with Gasteiger partial charge < -0.3 is 4.90 Å². The molecule has 28 heavy (non-hydrogen) atoms. The Bertz CT molecular complexity index is 763. The van der Waals surface area contributed by atoms with E-state index in [9.17, 15) is 4.79 Å². The van der Waals surface area contributed by atoms with E-state index in [2.05, 4.69) is 70.6 Å². The Kier molecular flexibility index (Phi) is 7.20. The maximum Gasteiger partial charge on any atom is 0.241 e. The van der Waals surface area contributed by atoms with Crippen molar-refractivity contribution in [3.05, 3.63) is 65.7 Å². The van der Waals surface area contributed by atoms with Crippen molar-refractivity contribution in [2.75, 3.05) is 37.6 Å². The van der Waals surface area contributed by atoms with Crippen molar-refractivity contribution in [3.63, 3.8) is 0 Å². The smallest absolute Gasteiger partial charge is 0.241 e. The molecule has 0 radical (unpaired) electrons. The number of nitrogens with zero attached hydrogens (tertiary/aromatic N) is 3. The van der Waals surface area contributed by atoms with Crippen molar-refractivity contribution in [1.82, 2.24) is 10.3 Å². The topological polar surface area (TPSA) is 47.9 Å². The van der Waals surface area contributed by atoms with Crippen LogP contribution in [0.25, 0.3) is 0 Å². The molecule has 1 fully saturated rings. The standard InChI is InChI=1S/C23H30N4O/c1-19(2)21-10-8-20(9-11-21)18-24-25-23(28)12-13-26-14-16-27(17-15-26)22-6-4-3-5-7-22/h3-11,18-19H,12-17H2,1-2H3,(H,25,28)/b24-18-. The zero-order valence-electron chi connectivity index (χ0n) is 16.8. The van der Waals surface area contributed by atoms with Gasteiger partial charge in [-0.3, -0.25) is 9.69 Å². The van der Waals surface area contributed by atoms with Gasteiger partial charge in [0.2, 0.25) is 5.91 Å². The molecule has 1 aliphatic rings. The van der Waals surface area contributed by atoms with Gasteiger partial charge in [-0.05, 0) is 29.2 Å². The normalized spacial score (nSPS) is 15.3. The summed E-state index contributed by atoms with van der Waals surface area (Å²) in [6, 6.07) is 18.7. The first-order valence-electron chi connectivity index (χ1n) is 10.1. The summed E-state index contributed by atoms with van der Waals surface area (Å²) in [4.78, 5) is 16.8. The molecular weight excluding hydrogens is 348 g/mol. The maximum atomic E-state index is 12.0. The molecule has 3 rings (SSSR count). The number of nitrogens with one attached hydrogen (secondary N) is 1. The highest BCUT2D eigenvalue weighted by Gasteiger charge is 2.17. The lowest BCUT2D eigenvalue weighted by atomic mass is 10.0. The number of rotatable bonds is 7. The van der Waals surface area contributed by atoms with Crippen LogP contribution in [0.5, 0.6) is 0 Å². The number of piperazine rings is 1. The third-order valence-corrected chi connectivity index (χ3v) is 5.15. The first-order chi connectivity index (χ1) is 13.6. The van der Waals surface area contributed by atoms with Crippen LogP contribution in [0.1, 0.15) is 37.3 Å². The molecule has 1 saturated heterocycles. The molecule has 1 amide bonds. The highest BCUT2D eigenvalue weighted by atomic mass is 16.2. The van der Waals surface area contributed by atoms with Crippen LogP contribution in [-0.4, -0.2) is 49.7 Å². The number of benzene rings is 2. The van der Waals surface area contributed by atoms with Crippen molar-refractivity contribution in [2.45, 2.75) is 26.2 Å². The monoisotopic (exact) mass is 378 g/mol. The van der Waals surface area contributed by atoms with Crippen molar-refractivity contribution in [2.24, 2.45) is 5.10 Å². The fourth-order valence-electron chi connectivity index (χ4n) is 3.33. The lowest BCUT2D eigenvalue weighted by Crippen LogP contribution is -2.47. The predicted molar refractivity (Wildman–Crippen MR) is 116 cm³/mol. The van der Waals surface area contributed by atoms with E-state index in [1.807, 2.05) is 18.2 Å². The van der Waals surface area contributed by atoms with Crippen LogP contribution in [0.15, 0.2) is 59.7 Å². The molecule has 148 valence electrons. The average Bonchev–Trinajstić information content (AvgIpc) is 2.73. The third-order valence-electron chi connectivity index (χ3n) is 5.15. The summed E-state index contributed by atoms with van der Waals surface area (Å²) in [6.07, 6.45) is 2.16. The van der Waals surface area contributed by atoms with Crippen LogP contribution in [0.2, 0.25) is 0 Å². The van der Waals surface area contributed by atoms with Gasteiger partial charge in [-0.15, -0.1) is 0 Å². The average molecular weight is 379 g/mol. The Hall–Kier alpha value is -2.66. The van der Waals surface area contributed by atoms with Crippen LogP contribution in [0, 0.1) is 0 Å². The summed E-state index contributed by atoms with van der Waals surface area (Å²) >= 11 is 0. The second-order valence-electron chi connectivity index (χ2n) is 7.53. The molecule has 2 aromatic rings. The van der Waals surface area contributed by atoms with E-state index in [-0.39, 0.29) is 5.91 Å². The molecule has 1 aliphatic heterocycles. The molecule has 0 aromatic heterocycles. The van der Waals surface area contributed by atoms with Gasteiger partial charge in [0.25, 0.3) is 0 Å². The molecule has 2 aromatic carbocycles. The van der Waals surface area contributed by atoms with E-state index in [0.717, 1.165) is 38.3 Å². The number of amides is 1. The van der Waals surface area contributed by atoms with Crippen LogP contribution >= 0.6 is 0 Å². The lowest BCUT2D eigenvalue weighted by Gasteiger charge is -2.36. The van der Waals surface area contributed by atoms with E-state index < -0.39 is 0 Å². The highest BCUT2D eigenvalue weighted by Crippen LogP contribution is 2.16. The summed E-state index contributed by atoms with van der Waals surface area (Å²) in [5, 5.41) is 4.08. The Balaban J connectivity index is 1.35. The summed E-state index contributed by atoms with van der Waals surface area (Å²) < 4.78 is 0. The molecule has 0 aliphatic carbocycles. The molecule has 0 bridgehead atoms. The molecule has 0 spiro atoms. The van der Waals surface area contributed by atoms with Gasteiger partial charge in [-0.2, -0.15) is 5.10 Å². The predicted octanol–water partition coefficient (Wildman–Crippen LogP) is 3.47. The van der Waals surface area contributed by atoms with Crippen molar-refractivity contribution in [1.29, 1.82) is 0 Å². The van der Waals surface area contributed by atoms with Crippen LogP contribution < -0.4 is 10.3 Å². The number of carbonyl (C=O) groups excluding carboxylic acids is 1. The van der Waals surface area contributed by atoms with Gasteiger partial charge in [-0.1, -0.05) is 56.3 Å². The van der Waals surface area contributed by atoms with Gasteiger partial charge in [0.15, 0.2) is 0 Å². The first-order valence-corrected chi connectivity index (χ1v) is 10.1. The minimum absolute atomic E-state index is 0.0412. The first kappa shape index (κ1) is 20.1. The SMILES string of the molecule is CC(C)c1ccc(/C=N\NC(=O)CCN2CCN(c3ccccc3)CC2)cc1. The second kappa shape index (κ2) is 10.0. The van der Waals surface area contributed by atoms with Crippen molar-refractivity contribution < 1.29 is 4.79 Å². The third kappa shape index (κ3) is 5.92. The number of hydrogen-bond donors (Lipinski definition) is 1. The lowest BCUT2D eigenvalue weighted by molar-refractivity contribution is -0.121. The molecule has 5 heteroatoms. The van der Waals surface area contributed by atoms with Crippen LogP contribution in [0.3, 0.4) is 0 Å². The maximum absolute atomic E-state index is 12.0. The summed E-state index contributed by atoms with van der Waals surface area (Å²) in [5.41, 5.74) is 6.20. The van der Waals surface area contributed by atoms with E-state index in [1.165, 1.54) is 11.3 Å². The summed E-state index contributed by atoms with van der Waals surface area (Å²) in [7, 11) is 0. The molecule has 1 heterocycles. The molecule has 0 saturated carbocycles. The van der Waals surface area contributed by atoms with Gasteiger partial charge in [0.1, 0.15) is 0 Å². The Labute approximate surface area is 168 Å². The van der Waals surface area contributed by atoms with Crippen molar-refractivity contribution >= 4 is 17.8 Å². The number of hydrazone groups is 1. The van der Waals surface area contributed by atoms with E-state index in [0.29, 0.717) is 12.3 Å². The minimum Gasteiger partial charge on any atom is -0.369 e. The molecule has 5 nitrogen and oxygen atoms in total. The Morgan fingerprint density at radius 1 is 1.04 bits per heavy atom. The summed E-state index contributed by atoms with van der Waals surface area (Å²) in [5.74, 6) is 0.473. The van der Waals surface area contributed by atoms with Gasteiger partial charge in [0, 0.05) is 44.8 Å². The van der Waals surface area contributed by atoms with E-state index in [1.54, 1.807) is 6.21 Å².